The van der Waals surface area contributed by atoms with E-state index in [4.69, 9.17) is 8.85 Å². The molecule has 0 radical (unpaired) electrons. The summed E-state index contributed by atoms with van der Waals surface area (Å²) in [6.45, 7) is -5.95. The smallest absolute Gasteiger partial charge is 0.387 e. The highest BCUT2D eigenvalue weighted by Gasteiger charge is 2.45. The van der Waals surface area contributed by atoms with Crippen molar-refractivity contribution >= 4 is 16.9 Å². The van der Waals surface area contributed by atoms with Crippen LogP contribution in [0.4, 0.5) is 8.78 Å². The van der Waals surface area contributed by atoms with Crippen molar-refractivity contribution in [3.05, 3.63) is 76.4 Å². The highest BCUT2D eigenvalue weighted by Crippen LogP contribution is 2.49. The van der Waals surface area contributed by atoms with Crippen LogP contribution in [0.3, 0.4) is 0 Å². The van der Waals surface area contributed by atoms with Gasteiger partial charge < -0.3 is 14.2 Å². The van der Waals surface area contributed by atoms with Crippen LogP contribution < -0.4 is 4.74 Å². The number of fused-ring (bicyclic) bond motifs is 9. The number of hydrogen-bond acceptors (Lipinski definition) is 5. The van der Waals surface area contributed by atoms with Gasteiger partial charge in [-0.1, -0.05) is 17.9 Å². The van der Waals surface area contributed by atoms with Crippen LogP contribution in [0, 0.1) is 23.2 Å². The van der Waals surface area contributed by atoms with Gasteiger partial charge in [-0.25, -0.2) is 4.98 Å². The third-order valence-electron chi connectivity index (χ3n) is 6.43. The van der Waals surface area contributed by atoms with Gasteiger partial charge in [0, 0.05) is 47.4 Å². The van der Waals surface area contributed by atoms with Gasteiger partial charge in [-0.2, -0.15) is 19.1 Å². The lowest BCUT2D eigenvalue weighted by Gasteiger charge is -2.24. The summed E-state index contributed by atoms with van der Waals surface area (Å²) in [6, 6.07) is 9.75. The van der Waals surface area contributed by atoms with E-state index in [1.165, 1.54) is 22.9 Å². The van der Waals surface area contributed by atoms with Crippen molar-refractivity contribution in [1.82, 2.24) is 24.2 Å². The molecular formula is C26H18F2N6O2. The Balaban J connectivity index is 1.56. The highest BCUT2D eigenvalue weighted by molar-refractivity contribution is 5.97. The first kappa shape index (κ1) is 18.6. The Morgan fingerprint density at radius 2 is 2.11 bits per heavy atom. The lowest BCUT2D eigenvalue weighted by atomic mass is 9.97. The first-order valence-electron chi connectivity index (χ1n) is 12.5. The molecule has 2 atom stereocenters. The number of benzene rings is 2. The number of amides is 1. The molecule has 1 amide bonds. The Morgan fingerprint density at radius 3 is 2.89 bits per heavy atom. The zero-order chi connectivity index (χ0) is 27.6. The molecule has 2 aliphatic heterocycles. The minimum atomic E-state index is -3.14. The molecule has 10 heteroatoms. The van der Waals surface area contributed by atoms with Crippen LogP contribution in [0.15, 0.2) is 42.6 Å². The van der Waals surface area contributed by atoms with Gasteiger partial charge in [0.1, 0.15) is 17.6 Å². The second-order valence-corrected chi connectivity index (χ2v) is 8.51. The molecule has 0 spiro atoms. The first-order valence-corrected chi connectivity index (χ1v) is 11.0. The third-order valence-corrected chi connectivity index (χ3v) is 6.43. The largest absolute Gasteiger partial charge is 0.434 e. The Labute approximate surface area is 208 Å². The Kier molecular flexibility index (Phi) is 4.09. The number of carbonyl (C=O) groups is 1. The van der Waals surface area contributed by atoms with Gasteiger partial charge >= 0.3 is 6.61 Å². The molecule has 2 aromatic heterocycles. The standard InChI is InChI=1S/C26H18F2N6O2/c1-32-13-15(18(12-29)31-32)8-6-14-7-9-17-19(10-14)34-20-11-21(24(34)30-17)33(2)25(35)16-4-3-5-22(23(16)20)36-26(27)28/h3-5,7,9-10,13,20-21,26H,11H2,1-2H3/t20-,21-/m1/s1/i2D3. The van der Waals surface area contributed by atoms with Gasteiger partial charge in [-0.15, -0.1) is 0 Å². The summed E-state index contributed by atoms with van der Waals surface area (Å²) in [4.78, 5) is 19.0. The number of rotatable bonds is 2. The highest BCUT2D eigenvalue weighted by atomic mass is 19.3. The number of aromatic nitrogens is 4. The van der Waals surface area contributed by atoms with Crippen LogP contribution in [0.1, 0.15) is 61.2 Å². The Bertz CT molecular complexity index is 1780. The van der Waals surface area contributed by atoms with Crippen molar-refractivity contribution in [2.75, 3.05) is 6.98 Å². The van der Waals surface area contributed by atoms with E-state index >= 15 is 0 Å². The fourth-order valence-corrected chi connectivity index (χ4v) is 4.99. The summed E-state index contributed by atoms with van der Waals surface area (Å²) >= 11 is 0. The van der Waals surface area contributed by atoms with Gasteiger partial charge in [0.15, 0.2) is 5.69 Å². The lowest BCUT2D eigenvalue weighted by molar-refractivity contribution is -0.0507. The van der Waals surface area contributed by atoms with Crippen LogP contribution in [0.25, 0.3) is 11.0 Å². The molecule has 6 rings (SSSR count). The summed E-state index contributed by atoms with van der Waals surface area (Å²) in [5, 5.41) is 13.3. The molecule has 2 aliphatic rings. The molecular weight excluding hydrogens is 466 g/mol. The average molecular weight is 487 g/mol. The van der Waals surface area contributed by atoms with Crippen molar-refractivity contribution in [3.8, 4) is 23.7 Å². The second kappa shape index (κ2) is 7.92. The summed E-state index contributed by atoms with van der Waals surface area (Å²) in [6.07, 6.45) is 1.76. The SMILES string of the molecule is [2H]C([2H])([2H])N1C(=O)c2cccc(OC(F)F)c2[C@H]2C[C@@H]1c1nc3ccc(C#Cc4cn(C)nc4C#N)cc3n12. The number of hydrogen-bond donors (Lipinski definition) is 0. The van der Waals surface area contributed by atoms with Gasteiger partial charge in [0.05, 0.1) is 28.7 Å². The van der Waals surface area contributed by atoms with E-state index in [0.29, 0.717) is 28.0 Å². The summed E-state index contributed by atoms with van der Waals surface area (Å²) < 4.78 is 59.1. The van der Waals surface area contributed by atoms with Crippen LogP contribution in [0.5, 0.6) is 5.75 Å². The number of aryl methyl sites for hydroxylation is 1. The molecule has 8 nitrogen and oxygen atoms in total. The second-order valence-electron chi connectivity index (χ2n) is 8.51. The topological polar surface area (TPSA) is 89.0 Å². The minimum absolute atomic E-state index is 0.0131. The zero-order valence-corrected chi connectivity index (χ0v) is 18.7. The van der Waals surface area contributed by atoms with Crippen molar-refractivity contribution < 1.29 is 22.4 Å². The molecule has 36 heavy (non-hydrogen) atoms. The fraction of sp³-hybridized carbons (Fsp3) is 0.231. The fourth-order valence-electron chi connectivity index (χ4n) is 4.99. The molecule has 4 aromatic rings. The van der Waals surface area contributed by atoms with Crippen molar-refractivity contribution in [1.29, 1.82) is 5.26 Å². The first-order chi connectivity index (χ1) is 18.6. The molecule has 2 bridgehead atoms. The van der Waals surface area contributed by atoms with Crippen molar-refractivity contribution in [3.63, 3.8) is 0 Å². The predicted molar refractivity (Wildman–Crippen MR) is 124 cm³/mol. The van der Waals surface area contributed by atoms with Crippen molar-refractivity contribution in [2.45, 2.75) is 25.1 Å². The van der Waals surface area contributed by atoms with Crippen LogP contribution >= 0.6 is 0 Å². The Hall–Kier alpha value is -4.70. The molecule has 4 heterocycles. The number of halogens is 2. The van der Waals surface area contributed by atoms with Gasteiger partial charge in [-0.05, 0) is 30.3 Å². The zero-order valence-electron chi connectivity index (χ0n) is 21.7. The van der Waals surface area contributed by atoms with E-state index < -0.39 is 31.6 Å². The number of ether oxygens (including phenoxy) is 1. The van der Waals surface area contributed by atoms with E-state index in [2.05, 4.69) is 21.9 Å². The quantitative estimate of drug-likeness (QED) is 0.402. The van der Waals surface area contributed by atoms with E-state index in [0.717, 1.165) is 4.90 Å². The van der Waals surface area contributed by atoms with Gasteiger partial charge in [-0.3, -0.25) is 9.48 Å². The summed E-state index contributed by atoms with van der Waals surface area (Å²) in [5.74, 6) is 5.30. The normalized spacial score (nSPS) is 19.5. The molecule has 178 valence electrons. The van der Waals surface area contributed by atoms with Crippen LogP contribution in [-0.2, 0) is 7.05 Å². The van der Waals surface area contributed by atoms with Gasteiger partial charge in [0.25, 0.3) is 5.91 Å². The number of imidazole rings is 1. The molecule has 0 saturated heterocycles. The van der Waals surface area contributed by atoms with E-state index in [9.17, 15) is 18.8 Å². The summed E-state index contributed by atoms with van der Waals surface area (Å²) in [5.41, 5.74) is 2.52. The molecule has 0 N–H and O–H groups in total. The third kappa shape index (κ3) is 3.23. The molecule has 0 unspecified atom stereocenters. The predicted octanol–water partition coefficient (Wildman–Crippen LogP) is 3.76. The maximum Gasteiger partial charge on any atom is 0.387 e. The number of alkyl halides is 2. The summed E-state index contributed by atoms with van der Waals surface area (Å²) in [7, 11) is 1.69. The van der Waals surface area contributed by atoms with Crippen LogP contribution in [0.2, 0.25) is 0 Å². The van der Waals surface area contributed by atoms with E-state index in [-0.39, 0.29) is 29.0 Å². The maximum atomic E-state index is 13.5. The van der Waals surface area contributed by atoms with Gasteiger partial charge in [0.2, 0.25) is 0 Å². The van der Waals surface area contributed by atoms with Crippen LogP contribution in [-0.4, -0.2) is 43.7 Å². The molecule has 0 fully saturated rings. The monoisotopic (exact) mass is 487 g/mol. The average Bonchev–Trinajstić information content (AvgIpc) is 3.50. The number of nitriles is 1. The lowest BCUT2D eigenvalue weighted by Crippen LogP contribution is -2.30. The van der Waals surface area contributed by atoms with Crippen molar-refractivity contribution in [2.24, 2.45) is 7.05 Å². The molecule has 0 aliphatic carbocycles. The molecule has 0 saturated carbocycles. The van der Waals surface area contributed by atoms with E-state index in [1.54, 1.807) is 36.0 Å². The minimum Gasteiger partial charge on any atom is -0.434 e. The number of carbonyl (C=O) groups excluding carboxylic acids is 1. The Morgan fingerprint density at radius 1 is 1.25 bits per heavy atom. The maximum absolute atomic E-state index is 13.5. The molecule has 2 aromatic carbocycles. The van der Waals surface area contributed by atoms with E-state index in [1.807, 2.05) is 6.07 Å². The number of nitrogens with zero attached hydrogens (tertiary/aromatic N) is 6.